The Morgan fingerprint density at radius 3 is 2.30 bits per heavy atom. The van der Waals surface area contributed by atoms with Crippen molar-refractivity contribution in [2.45, 2.75) is 6.42 Å². The van der Waals surface area contributed by atoms with Crippen LogP contribution in [0, 0.1) is 5.82 Å². The Bertz CT molecular complexity index is 804. The number of aromatic nitrogens is 2. The summed E-state index contributed by atoms with van der Waals surface area (Å²) in [6, 6.07) is 15.8. The van der Waals surface area contributed by atoms with E-state index in [2.05, 4.69) is 15.3 Å². The van der Waals surface area contributed by atoms with E-state index in [4.69, 9.17) is 0 Å². The molecule has 1 amide bonds. The standard InChI is InChI=1S/C18H14FN3O/c19-16-9-5-4-8-14(16)10-17(23)22-15-11-20-18(21-12-15)13-6-2-1-3-7-13/h1-9,11-12H,10H2,(H,22,23). The summed E-state index contributed by atoms with van der Waals surface area (Å²) >= 11 is 0. The molecular formula is C18H14FN3O. The van der Waals surface area contributed by atoms with Gasteiger partial charge in [-0.15, -0.1) is 0 Å². The number of amides is 1. The molecule has 4 nitrogen and oxygen atoms in total. The Labute approximate surface area is 133 Å². The molecule has 1 heterocycles. The van der Waals surface area contributed by atoms with Crippen LogP contribution in [0.25, 0.3) is 11.4 Å². The van der Waals surface area contributed by atoms with E-state index >= 15 is 0 Å². The first-order chi connectivity index (χ1) is 11.2. The molecule has 114 valence electrons. The van der Waals surface area contributed by atoms with Gasteiger partial charge in [-0.1, -0.05) is 48.5 Å². The molecule has 0 bridgehead atoms. The fourth-order valence-electron chi connectivity index (χ4n) is 2.15. The molecule has 3 rings (SSSR count). The van der Waals surface area contributed by atoms with Crippen LogP contribution in [0.4, 0.5) is 10.1 Å². The van der Waals surface area contributed by atoms with Crippen LogP contribution in [-0.2, 0) is 11.2 Å². The molecule has 1 aromatic heterocycles. The first-order valence-electron chi connectivity index (χ1n) is 7.13. The van der Waals surface area contributed by atoms with Crippen LogP contribution in [0.2, 0.25) is 0 Å². The molecule has 0 fully saturated rings. The molecule has 0 unspecified atom stereocenters. The molecule has 0 atom stereocenters. The van der Waals surface area contributed by atoms with Crippen molar-refractivity contribution in [2.24, 2.45) is 0 Å². The topological polar surface area (TPSA) is 54.9 Å². The van der Waals surface area contributed by atoms with E-state index in [0.717, 1.165) is 5.56 Å². The van der Waals surface area contributed by atoms with Gasteiger partial charge in [0, 0.05) is 5.56 Å². The van der Waals surface area contributed by atoms with Crippen molar-refractivity contribution in [1.82, 2.24) is 9.97 Å². The molecule has 0 aliphatic carbocycles. The van der Waals surface area contributed by atoms with Crippen LogP contribution >= 0.6 is 0 Å². The summed E-state index contributed by atoms with van der Waals surface area (Å²) in [7, 11) is 0. The van der Waals surface area contributed by atoms with Crippen molar-refractivity contribution in [3.63, 3.8) is 0 Å². The maximum atomic E-state index is 13.5. The van der Waals surface area contributed by atoms with Gasteiger partial charge in [0.15, 0.2) is 5.82 Å². The molecule has 23 heavy (non-hydrogen) atoms. The van der Waals surface area contributed by atoms with E-state index in [1.165, 1.54) is 18.5 Å². The van der Waals surface area contributed by atoms with Crippen LogP contribution in [0.15, 0.2) is 67.0 Å². The van der Waals surface area contributed by atoms with Crippen molar-refractivity contribution in [3.8, 4) is 11.4 Å². The summed E-state index contributed by atoms with van der Waals surface area (Å²) in [6.45, 7) is 0. The predicted molar refractivity (Wildman–Crippen MR) is 86.2 cm³/mol. The highest BCUT2D eigenvalue weighted by atomic mass is 19.1. The molecule has 0 aliphatic heterocycles. The number of rotatable bonds is 4. The molecule has 0 saturated heterocycles. The molecule has 0 radical (unpaired) electrons. The van der Waals surface area contributed by atoms with Crippen molar-refractivity contribution in [3.05, 3.63) is 78.4 Å². The lowest BCUT2D eigenvalue weighted by atomic mass is 10.1. The monoisotopic (exact) mass is 307 g/mol. The predicted octanol–water partition coefficient (Wildman–Crippen LogP) is 3.46. The van der Waals surface area contributed by atoms with E-state index < -0.39 is 5.82 Å². The van der Waals surface area contributed by atoms with Gasteiger partial charge in [-0.25, -0.2) is 14.4 Å². The number of nitrogens with one attached hydrogen (secondary N) is 1. The first kappa shape index (κ1) is 14.8. The van der Waals surface area contributed by atoms with Crippen LogP contribution in [0.5, 0.6) is 0 Å². The largest absolute Gasteiger partial charge is 0.323 e. The van der Waals surface area contributed by atoms with Gasteiger partial charge in [0.05, 0.1) is 24.5 Å². The Morgan fingerprint density at radius 2 is 1.61 bits per heavy atom. The zero-order valence-corrected chi connectivity index (χ0v) is 12.2. The fourth-order valence-corrected chi connectivity index (χ4v) is 2.15. The van der Waals surface area contributed by atoms with Gasteiger partial charge in [-0.3, -0.25) is 4.79 Å². The van der Waals surface area contributed by atoms with Crippen LogP contribution in [0.3, 0.4) is 0 Å². The number of nitrogens with zero attached hydrogens (tertiary/aromatic N) is 2. The maximum Gasteiger partial charge on any atom is 0.228 e. The van der Waals surface area contributed by atoms with Gasteiger partial charge in [0.1, 0.15) is 5.82 Å². The molecule has 0 aliphatic rings. The number of carbonyl (C=O) groups is 1. The van der Waals surface area contributed by atoms with Gasteiger partial charge in [-0.05, 0) is 11.6 Å². The average molecular weight is 307 g/mol. The Morgan fingerprint density at radius 1 is 0.957 bits per heavy atom. The van der Waals surface area contributed by atoms with Crippen molar-refractivity contribution in [2.75, 3.05) is 5.32 Å². The number of hydrogen-bond acceptors (Lipinski definition) is 3. The minimum atomic E-state index is -0.390. The summed E-state index contributed by atoms with van der Waals surface area (Å²) < 4.78 is 13.5. The quantitative estimate of drug-likeness (QED) is 0.803. The SMILES string of the molecule is O=C(Cc1ccccc1F)Nc1cnc(-c2ccccc2)nc1. The lowest BCUT2D eigenvalue weighted by Crippen LogP contribution is -2.15. The molecule has 0 saturated carbocycles. The summed E-state index contributed by atoms with van der Waals surface area (Å²) in [4.78, 5) is 20.4. The summed E-state index contributed by atoms with van der Waals surface area (Å²) in [5.41, 5.74) is 1.73. The number of hydrogen-bond donors (Lipinski definition) is 1. The molecule has 5 heteroatoms. The van der Waals surface area contributed by atoms with Gasteiger partial charge < -0.3 is 5.32 Å². The van der Waals surface area contributed by atoms with Gasteiger partial charge >= 0.3 is 0 Å². The van der Waals surface area contributed by atoms with Crippen molar-refractivity contribution >= 4 is 11.6 Å². The number of carbonyl (C=O) groups excluding carboxylic acids is 1. The second kappa shape index (κ2) is 6.79. The number of halogens is 1. The summed E-state index contributed by atoms with van der Waals surface area (Å²) in [6.07, 6.45) is 3.04. The lowest BCUT2D eigenvalue weighted by molar-refractivity contribution is -0.115. The lowest BCUT2D eigenvalue weighted by Gasteiger charge is -2.06. The van der Waals surface area contributed by atoms with Gasteiger partial charge in [-0.2, -0.15) is 0 Å². The smallest absolute Gasteiger partial charge is 0.228 e. The minimum absolute atomic E-state index is 0.0346. The van der Waals surface area contributed by atoms with Crippen molar-refractivity contribution < 1.29 is 9.18 Å². The highest BCUT2D eigenvalue weighted by molar-refractivity contribution is 5.92. The van der Waals surface area contributed by atoms with Crippen LogP contribution in [-0.4, -0.2) is 15.9 Å². The maximum absolute atomic E-state index is 13.5. The van der Waals surface area contributed by atoms with E-state index in [1.807, 2.05) is 30.3 Å². The molecule has 2 aromatic carbocycles. The van der Waals surface area contributed by atoms with Crippen LogP contribution in [0.1, 0.15) is 5.56 Å². The number of benzene rings is 2. The first-order valence-corrected chi connectivity index (χ1v) is 7.13. The van der Waals surface area contributed by atoms with E-state index in [0.29, 0.717) is 17.1 Å². The normalized spacial score (nSPS) is 10.3. The van der Waals surface area contributed by atoms with E-state index in [1.54, 1.807) is 18.2 Å². The van der Waals surface area contributed by atoms with Gasteiger partial charge in [0.25, 0.3) is 0 Å². The summed E-state index contributed by atoms with van der Waals surface area (Å²) in [5.74, 6) is -0.123. The zero-order chi connectivity index (χ0) is 16.1. The zero-order valence-electron chi connectivity index (χ0n) is 12.2. The third-order valence-electron chi connectivity index (χ3n) is 3.28. The molecule has 1 N–H and O–H groups in total. The van der Waals surface area contributed by atoms with Gasteiger partial charge in [0.2, 0.25) is 5.91 Å². The van der Waals surface area contributed by atoms with E-state index in [9.17, 15) is 9.18 Å². The summed E-state index contributed by atoms with van der Waals surface area (Å²) in [5, 5.41) is 2.67. The Kier molecular flexibility index (Phi) is 4.38. The third-order valence-corrected chi connectivity index (χ3v) is 3.28. The molecule has 3 aromatic rings. The number of anilines is 1. The highest BCUT2D eigenvalue weighted by Gasteiger charge is 2.08. The minimum Gasteiger partial charge on any atom is -0.323 e. The fraction of sp³-hybridized carbons (Fsp3) is 0.0556. The highest BCUT2D eigenvalue weighted by Crippen LogP contribution is 2.15. The Hall–Kier alpha value is -3.08. The van der Waals surface area contributed by atoms with Crippen molar-refractivity contribution in [1.29, 1.82) is 0 Å². The van der Waals surface area contributed by atoms with E-state index in [-0.39, 0.29) is 12.3 Å². The average Bonchev–Trinajstić information content (AvgIpc) is 2.58. The molecule has 0 spiro atoms. The third kappa shape index (κ3) is 3.77. The second-order valence-electron chi connectivity index (χ2n) is 4.98. The second-order valence-corrected chi connectivity index (χ2v) is 4.98. The Balaban J connectivity index is 1.66. The van der Waals surface area contributed by atoms with Crippen LogP contribution < -0.4 is 5.32 Å². The molecular weight excluding hydrogens is 293 g/mol.